The van der Waals surface area contributed by atoms with Crippen molar-refractivity contribution in [3.63, 3.8) is 0 Å². The fraction of sp³-hybridized carbons (Fsp3) is 0.667. The van der Waals surface area contributed by atoms with Crippen LogP contribution in [0.3, 0.4) is 0 Å². The lowest BCUT2D eigenvalue weighted by Crippen LogP contribution is -2.47. The van der Waals surface area contributed by atoms with E-state index >= 15 is 0 Å². The van der Waals surface area contributed by atoms with E-state index in [0.717, 1.165) is 44.6 Å². The summed E-state index contributed by atoms with van der Waals surface area (Å²) in [5, 5.41) is 24.9. The van der Waals surface area contributed by atoms with Gasteiger partial charge in [-0.3, -0.25) is 15.0 Å². The Morgan fingerprint density at radius 3 is 2.56 bits per heavy atom. The third-order valence-corrected chi connectivity index (χ3v) is 5.48. The fourth-order valence-electron chi connectivity index (χ4n) is 4.27. The van der Waals surface area contributed by atoms with Gasteiger partial charge in [0.25, 0.3) is 0 Å². The second-order valence-electron chi connectivity index (χ2n) is 6.98. The first-order valence-electron chi connectivity index (χ1n) is 9.12. The van der Waals surface area contributed by atoms with E-state index in [2.05, 4.69) is 10.2 Å². The number of phenols is 1. The number of hydrogen-bond acceptors (Lipinski definition) is 6. The Labute approximate surface area is 148 Å². The van der Waals surface area contributed by atoms with E-state index in [0.29, 0.717) is 5.92 Å². The number of piperazine rings is 1. The number of benzene rings is 1. The van der Waals surface area contributed by atoms with Crippen molar-refractivity contribution in [3.8, 4) is 11.5 Å². The number of aromatic hydroxyl groups is 1. The Morgan fingerprint density at radius 2 is 1.96 bits per heavy atom. The van der Waals surface area contributed by atoms with E-state index in [-0.39, 0.29) is 23.2 Å². The summed E-state index contributed by atoms with van der Waals surface area (Å²) in [6.45, 7) is 3.72. The molecule has 1 saturated heterocycles. The van der Waals surface area contributed by atoms with Crippen LogP contribution < -0.4 is 10.1 Å². The molecule has 2 N–H and O–H groups in total. The first-order valence-corrected chi connectivity index (χ1v) is 9.12. The zero-order valence-electron chi connectivity index (χ0n) is 14.7. The number of nitro groups is 1. The average Bonchev–Trinajstić information content (AvgIpc) is 2.64. The van der Waals surface area contributed by atoms with Gasteiger partial charge in [0.15, 0.2) is 5.75 Å². The van der Waals surface area contributed by atoms with Gasteiger partial charge >= 0.3 is 5.69 Å². The van der Waals surface area contributed by atoms with Gasteiger partial charge in [0, 0.05) is 38.3 Å². The maximum atomic E-state index is 11.4. The number of rotatable bonds is 5. The van der Waals surface area contributed by atoms with Crippen LogP contribution in [0.1, 0.15) is 43.7 Å². The second-order valence-corrected chi connectivity index (χ2v) is 6.98. The van der Waals surface area contributed by atoms with Crippen LogP contribution in [0.25, 0.3) is 0 Å². The van der Waals surface area contributed by atoms with Crippen LogP contribution in [-0.2, 0) is 0 Å². The molecule has 1 aliphatic heterocycles. The molecule has 1 aromatic rings. The van der Waals surface area contributed by atoms with Gasteiger partial charge in [-0.15, -0.1) is 0 Å². The van der Waals surface area contributed by atoms with E-state index in [4.69, 9.17) is 4.74 Å². The Kier molecular flexibility index (Phi) is 5.75. The molecule has 2 aliphatic rings. The van der Waals surface area contributed by atoms with E-state index in [1.54, 1.807) is 12.1 Å². The third kappa shape index (κ3) is 3.88. The lowest BCUT2D eigenvalue weighted by molar-refractivity contribution is -0.386. The molecule has 25 heavy (non-hydrogen) atoms. The van der Waals surface area contributed by atoms with Gasteiger partial charge in [0.05, 0.1) is 12.0 Å². The number of nitro benzene ring substituents is 1. The highest BCUT2D eigenvalue weighted by Crippen LogP contribution is 2.44. The highest BCUT2D eigenvalue weighted by molar-refractivity contribution is 5.57. The van der Waals surface area contributed by atoms with Crippen molar-refractivity contribution in [2.24, 2.45) is 5.92 Å². The zero-order chi connectivity index (χ0) is 17.8. The SMILES string of the molecule is COc1cc([C@H](C2CCCCC2)N2CCNCC2)cc([N+](=O)[O-])c1O. The van der Waals surface area contributed by atoms with Gasteiger partial charge in [-0.2, -0.15) is 0 Å². The van der Waals surface area contributed by atoms with Crippen LogP contribution in [-0.4, -0.2) is 48.2 Å². The Bertz CT molecular complexity index is 593. The highest BCUT2D eigenvalue weighted by Gasteiger charge is 2.33. The smallest absolute Gasteiger partial charge is 0.314 e. The minimum absolute atomic E-state index is 0.135. The van der Waals surface area contributed by atoms with Crippen LogP contribution in [0.4, 0.5) is 5.69 Å². The summed E-state index contributed by atoms with van der Waals surface area (Å²) >= 11 is 0. The molecule has 1 atom stereocenters. The Hall–Kier alpha value is -1.86. The molecule has 0 amide bonds. The van der Waals surface area contributed by atoms with Crippen LogP contribution in [0, 0.1) is 16.0 Å². The molecule has 1 heterocycles. The standard InChI is InChI=1S/C18H27N3O4/c1-25-16-12-14(11-15(18(16)22)21(23)24)17(13-5-3-2-4-6-13)20-9-7-19-8-10-20/h11-13,17,19,22H,2-10H2,1H3/t17-/m0/s1. The minimum Gasteiger partial charge on any atom is -0.500 e. The molecule has 0 bridgehead atoms. The molecule has 0 radical (unpaired) electrons. The molecule has 1 aliphatic carbocycles. The molecular weight excluding hydrogens is 322 g/mol. The average molecular weight is 349 g/mol. The van der Waals surface area contributed by atoms with Crippen molar-refractivity contribution in [1.29, 1.82) is 0 Å². The third-order valence-electron chi connectivity index (χ3n) is 5.48. The molecule has 138 valence electrons. The van der Waals surface area contributed by atoms with Crippen molar-refractivity contribution < 1.29 is 14.8 Å². The number of ether oxygens (including phenoxy) is 1. The predicted molar refractivity (Wildman–Crippen MR) is 95.1 cm³/mol. The summed E-state index contributed by atoms with van der Waals surface area (Å²) in [6, 6.07) is 3.46. The molecule has 2 fully saturated rings. The van der Waals surface area contributed by atoms with Crippen LogP contribution in [0.15, 0.2) is 12.1 Å². The quantitative estimate of drug-likeness (QED) is 0.628. The first-order chi connectivity index (χ1) is 12.1. The molecular formula is C18H27N3O4. The maximum absolute atomic E-state index is 11.4. The number of phenolic OH excluding ortho intramolecular Hbond substituents is 1. The van der Waals surface area contributed by atoms with Gasteiger partial charge in [0.2, 0.25) is 5.75 Å². The summed E-state index contributed by atoms with van der Waals surface area (Å²) in [4.78, 5) is 13.3. The monoisotopic (exact) mass is 349 g/mol. The van der Waals surface area contributed by atoms with Crippen LogP contribution in [0.2, 0.25) is 0 Å². The number of methoxy groups -OCH3 is 1. The molecule has 0 unspecified atom stereocenters. The summed E-state index contributed by atoms with van der Waals surface area (Å²) < 4.78 is 5.22. The van der Waals surface area contributed by atoms with Crippen molar-refractivity contribution >= 4 is 5.69 Å². The normalized spacial score (nSPS) is 21.0. The van der Waals surface area contributed by atoms with Gasteiger partial charge in [-0.05, 0) is 30.4 Å². The molecule has 0 spiro atoms. The predicted octanol–water partition coefficient (Wildman–Crippen LogP) is 2.84. The van der Waals surface area contributed by atoms with Gasteiger partial charge in [-0.25, -0.2) is 0 Å². The zero-order valence-corrected chi connectivity index (χ0v) is 14.7. The van der Waals surface area contributed by atoms with E-state index < -0.39 is 4.92 Å². The first kappa shape index (κ1) is 17.9. The van der Waals surface area contributed by atoms with E-state index in [1.807, 2.05) is 0 Å². The van der Waals surface area contributed by atoms with Crippen LogP contribution >= 0.6 is 0 Å². The van der Waals surface area contributed by atoms with Crippen molar-refractivity contribution in [2.45, 2.75) is 38.1 Å². The minimum atomic E-state index is -0.531. The molecule has 0 aromatic heterocycles. The van der Waals surface area contributed by atoms with Gasteiger partial charge < -0.3 is 15.2 Å². The van der Waals surface area contributed by atoms with E-state index in [1.165, 1.54) is 26.4 Å². The maximum Gasteiger partial charge on any atom is 0.314 e. The molecule has 1 aromatic carbocycles. The van der Waals surface area contributed by atoms with Gasteiger partial charge in [-0.1, -0.05) is 19.3 Å². The summed E-state index contributed by atoms with van der Waals surface area (Å²) in [6.07, 6.45) is 5.98. The number of nitrogens with zero attached hydrogens (tertiary/aromatic N) is 2. The highest BCUT2D eigenvalue weighted by atomic mass is 16.6. The number of hydrogen-bond donors (Lipinski definition) is 2. The summed E-state index contributed by atoms with van der Waals surface area (Å²) in [7, 11) is 1.43. The second kappa shape index (κ2) is 8.01. The fourth-order valence-corrected chi connectivity index (χ4v) is 4.27. The van der Waals surface area contributed by atoms with Crippen LogP contribution in [0.5, 0.6) is 11.5 Å². The largest absolute Gasteiger partial charge is 0.500 e. The van der Waals surface area contributed by atoms with Crippen molar-refractivity contribution in [1.82, 2.24) is 10.2 Å². The van der Waals surface area contributed by atoms with E-state index in [9.17, 15) is 15.2 Å². The lowest BCUT2D eigenvalue weighted by atomic mass is 9.80. The lowest BCUT2D eigenvalue weighted by Gasteiger charge is -2.41. The molecule has 7 nitrogen and oxygen atoms in total. The Morgan fingerprint density at radius 1 is 1.28 bits per heavy atom. The molecule has 1 saturated carbocycles. The van der Waals surface area contributed by atoms with Crippen molar-refractivity contribution in [2.75, 3.05) is 33.3 Å². The Balaban J connectivity index is 2.01. The van der Waals surface area contributed by atoms with Gasteiger partial charge in [0.1, 0.15) is 0 Å². The number of nitrogens with one attached hydrogen (secondary N) is 1. The summed E-state index contributed by atoms with van der Waals surface area (Å²) in [5.74, 6) is 0.278. The van der Waals surface area contributed by atoms with Crippen molar-refractivity contribution in [3.05, 3.63) is 27.8 Å². The molecule has 7 heteroatoms. The molecule has 3 rings (SSSR count). The summed E-state index contributed by atoms with van der Waals surface area (Å²) in [5.41, 5.74) is 0.612. The topological polar surface area (TPSA) is 87.9 Å².